The molecule has 1 fully saturated rings. The molecule has 2 aromatic heterocycles. The normalized spacial score (nSPS) is 15.2. The molecule has 0 atom stereocenters. The van der Waals surface area contributed by atoms with Crippen molar-refractivity contribution in [1.82, 2.24) is 24.6 Å². The van der Waals surface area contributed by atoms with Crippen LogP contribution in [0.15, 0.2) is 35.8 Å². The van der Waals surface area contributed by atoms with Gasteiger partial charge in [0.25, 0.3) is 0 Å². The van der Waals surface area contributed by atoms with E-state index in [0.29, 0.717) is 19.6 Å². The molecule has 1 aliphatic heterocycles. The number of anilines is 1. The van der Waals surface area contributed by atoms with Crippen LogP contribution in [0.25, 0.3) is 0 Å². The first-order chi connectivity index (χ1) is 12.1. The van der Waals surface area contributed by atoms with Crippen molar-refractivity contribution in [2.24, 2.45) is 19.1 Å². The van der Waals surface area contributed by atoms with E-state index in [4.69, 9.17) is 0 Å². The van der Waals surface area contributed by atoms with E-state index in [1.54, 1.807) is 15.8 Å². The van der Waals surface area contributed by atoms with Crippen LogP contribution in [0.1, 0.15) is 12.5 Å². The summed E-state index contributed by atoms with van der Waals surface area (Å²) in [5.41, 5.74) is 2.00. The summed E-state index contributed by atoms with van der Waals surface area (Å²) in [7, 11) is 3.85. The molecule has 9 heteroatoms. The maximum absolute atomic E-state index is 12.6. The number of halogens is 1. The van der Waals surface area contributed by atoms with Crippen molar-refractivity contribution in [3.63, 3.8) is 0 Å². The predicted octanol–water partition coefficient (Wildman–Crippen LogP) is 1.19. The van der Waals surface area contributed by atoms with Crippen molar-refractivity contribution >= 4 is 41.5 Å². The summed E-state index contributed by atoms with van der Waals surface area (Å²) in [5.74, 6) is 0.843. The van der Waals surface area contributed by atoms with Gasteiger partial charge in [0.05, 0.1) is 18.4 Å². The maximum atomic E-state index is 12.6. The fourth-order valence-corrected chi connectivity index (χ4v) is 2.92. The number of hydrogen-bond acceptors (Lipinski definition) is 3. The molecule has 1 saturated heterocycles. The Kier molecular flexibility index (Phi) is 7.06. The van der Waals surface area contributed by atoms with Crippen LogP contribution < -0.4 is 10.2 Å². The van der Waals surface area contributed by atoms with Gasteiger partial charge in [-0.25, -0.2) is 4.99 Å². The van der Waals surface area contributed by atoms with Gasteiger partial charge in [-0.15, -0.1) is 24.0 Å². The average molecular weight is 471 g/mol. The van der Waals surface area contributed by atoms with Crippen molar-refractivity contribution in [2.75, 3.05) is 31.1 Å². The van der Waals surface area contributed by atoms with Crippen molar-refractivity contribution in [3.8, 4) is 0 Å². The summed E-state index contributed by atoms with van der Waals surface area (Å²) >= 11 is 0. The van der Waals surface area contributed by atoms with Crippen LogP contribution in [0.4, 0.5) is 5.69 Å². The molecule has 1 aliphatic rings. The summed E-state index contributed by atoms with van der Waals surface area (Å²) in [4.78, 5) is 21.0. The highest BCUT2D eigenvalue weighted by atomic mass is 127. The lowest BCUT2D eigenvalue weighted by Gasteiger charge is -2.35. The van der Waals surface area contributed by atoms with Gasteiger partial charge >= 0.3 is 0 Å². The number of amides is 1. The zero-order valence-corrected chi connectivity index (χ0v) is 17.8. The first kappa shape index (κ1) is 20.3. The second-order valence-corrected chi connectivity index (χ2v) is 6.19. The second-order valence-electron chi connectivity index (χ2n) is 6.19. The number of guanidine groups is 1. The number of piperazine rings is 1. The number of nitrogens with one attached hydrogen (secondary N) is 1. The van der Waals surface area contributed by atoms with Crippen LogP contribution in [0.2, 0.25) is 0 Å². The van der Waals surface area contributed by atoms with E-state index in [1.807, 2.05) is 42.9 Å². The Balaban J connectivity index is 0.00000243. The fraction of sp³-hybridized carbons (Fsp3) is 0.471. The minimum Gasteiger partial charge on any atom is -0.357 e. The van der Waals surface area contributed by atoms with Crippen molar-refractivity contribution in [2.45, 2.75) is 13.5 Å². The lowest BCUT2D eigenvalue weighted by Crippen LogP contribution is -2.55. The van der Waals surface area contributed by atoms with Crippen molar-refractivity contribution in [3.05, 3.63) is 36.4 Å². The second kappa shape index (κ2) is 9.06. The number of aromatic nitrogens is 3. The lowest BCUT2D eigenvalue weighted by atomic mass is 10.3. The minimum atomic E-state index is 0. The Bertz CT molecular complexity index is 767. The molecule has 0 bridgehead atoms. The Morgan fingerprint density at radius 2 is 2.12 bits per heavy atom. The molecular weight excluding hydrogens is 445 g/mol. The number of carbonyl (C=O) groups excluding carboxylic acids is 1. The van der Waals surface area contributed by atoms with Crippen molar-refractivity contribution in [1.29, 1.82) is 0 Å². The number of aliphatic imine (C=N–C) groups is 1. The zero-order valence-electron chi connectivity index (χ0n) is 15.4. The van der Waals surface area contributed by atoms with Crippen LogP contribution >= 0.6 is 24.0 Å². The Morgan fingerprint density at radius 1 is 1.31 bits per heavy atom. The molecule has 0 aromatic carbocycles. The highest BCUT2D eigenvalue weighted by Crippen LogP contribution is 2.16. The van der Waals surface area contributed by atoms with E-state index in [9.17, 15) is 4.79 Å². The van der Waals surface area contributed by atoms with E-state index in [2.05, 4.69) is 27.7 Å². The predicted molar refractivity (Wildman–Crippen MR) is 113 cm³/mol. The molecule has 26 heavy (non-hydrogen) atoms. The van der Waals surface area contributed by atoms with Gasteiger partial charge in [-0.3, -0.25) is 9.48 Å². The first-order valence-corrected chi connectivity index (χ1v) is 8.50. The van der Waals surface area contributed by atoms with Crippen molar-refractivity contribution < 1.29 is 4.79 Å². The molecule has 0 unspecified atom stereocenters. The molecule has 0 spiro atoms. The van der Waals surface area contributed by atoms with Gasteiger partial charge in [0.1, 0.15) is 6.54 Å². The molecule has 1 N–H and O–H groups in total. The fourth-order valence-electron chi connectivity index (χ4n) is 2.92. The van der Waals surface area contributed by atoms with Gasteiger partial charge in [-0.2, -0.15) is 5.10 Å². The largest absolute Gasteiger partial charge is 0.357 e. The molecule has 142 valence electrons. The number of hydrogen-bond donors (Lipinski definition) is 1. The van der Waals surface area contributed by atoms with Crippen LogP contribution in [0.5, 0.6) is 0 Å². The third-order valence-corrected chi connectivity index (χ3v) is 4.16. The molecule has 3 rings (SSSR count). The highest BCUT2D eigenvalue weighted by Gasteiger charge is 2.27. The Hall–Kier alpha value is -2.04. The van der Waals surface area contributed by atoms with E-state index in [0.717, 1.165) is 30.3 Å². The van der Waals surface area contributed by atoms with Gasteiger partial charge in [-0.1, -0.05) is 0 Å². The summed E-state index contributed by atoms with van der Waals surface area (Å²) < 4.78 is 3.72. The molecule has 1 amide bonds. The van der Waals surface area contributed by atoms with Crippen LogP contribution in [-0.4, -0.2) is 57.3 Å². The number of rotatable bonds is 4. The standard InChI is InChI=1S/C17H25N7O.HI/c1-4-18-17(19-9-14-5-6-21(2)11-14)23-7-8-24(16(25)13-23)15-10-20-22(3)12-15;/h5-6,10-12H,4,7-9,13H2,1-3H3,(H,18,19);1H. The Labute approximate surface area is 170 Å². The SMILES string of the molecule is CCNC(=NCc1ccn(C)c1)N1CCN(c2cnn(C)c2)C(=O)C1.I. The van der Waals surface area contributed by atoms with Crippen LogP contribution in [-0.2, 0) is 25.4 Å². The first-order valence-electron chi connectivity index (χ1n) is 8.50. The van der Waals surface area contributed by atoms with E-state index in [1.165, 1.54) is 0 Å². The highest BCUT2D eigenvalue weighted by molar-refractivity contribution is 14.0. The summed E-state index contributed by atoms with van der Waals surface area (Å²) in [6.07, 6.45) is 7.65. The van der Waals surface area contributed by atoms with Gasteiger partial charge in [-0.05, 0) is 18.6 Å². The van der Waals surface area contributed by atoms with Gasteiger partial charge in [0, 0.05) is 52.3 Å². The molecule has 0 aliphatic carbocycles. The van der Waals surface area contributed by atoms with E-state index < -0.39 is 0 Å². The lowest BCUT2D eigenvalue weighted by molar-refractivity contribution is -0.120. The van der Waals surface area contributed by atoms with Crippen LogP contribution in [0.3, 0.4) is 0 Å². The summed E-state index contributed by atoms with van der Waals surface area (Å²) in [6, 6.07) is 2.05. The quantitative estimate of drug-likeness (QED) is 0.414. The Morgan fingerprint density at radius 3 is 2.69 bits per heavy atom. The monoisotopic (exact) mass is 471 g/mol. The topological polar surface area (TPSA) is 70.7 Å². The van der Waals surface area contributed by atoms with Gasteiger partial charge < -0.3 is 19.7 Å². The third kappa shape index (κ3) is 4.77. The van der Waals surface area contributed by atoms with E-state index >= 15 is 0 Å². The zero-order chi connectivity index (χ0) is 17.8. The molecule has 3 heterocycles. The molecule has 0 radical (unpaired) electrons. The molecule has 0 saturated carbocycles. The maximum Gasteiger partial charge on any atom is 0.246 e. The minimum absolute atomic E-state index is 0. The number of aryl methyl sites for hydroxylation is 2. The molecule has 2 aromatic rings. The third-order valence-electron chi connectivity index (χ3n) is 4.16. The summed E-state index contributed by atoms with van der Waals surface area (Å²) in [5, 5.41) is 7.44. The molecular formula is C17H26IN7O. The van der Waals surface area contributed by atoms with Crippen LogP contribution in [0, 0.1) is 0 Å². The van der Waals surface area contributed by atoms with Gasteiger partial charge in [0.2, 0.25) is 5.91 Å². The van der Waals surface area contributed by atoms with E-state index in [-0.39, 0.29) is 29.9 Å². The smallest absolute Gasteiger partial charge is 0.246 e. The average Bonchev–Trinajstić information content (AvgIpc) is 3.19. The number of nitrogens with zero attached hydrogens (tertiary/aromatic N) is 6. The summed E-state index contributed by atoms with van der Waals surface area (Å²) in [6.45, 7) is 5.08. The van der Waals surface area contributed by atoms with Gasteiger partial charge in [0.15, 0.2) is 5.96 Å². The molecule has 8 nitrogen and oxygen atoms in total. The number of carbonyl (C=O) groups is 1.